The second kappa shape index (κ2) is 4.37. The molecule has 0 spiro atoms. The first-order valence-electron chi connectivity index (χ1n) is 3.77. The van der Waals surface area contributed by atoms with Gasteiger partial charge in [-0.05, 0) is 41.1 Å². The molecule has 0 amide bonds. The molecule has 0 bridgehead atoms. The Hall–Kier alpha value is -0.900. The Morgan fingerprint density at radius 2 is 2.31 bits per heavy atom. The van der Waals surface area contributed by atoms with Crippen LogP contribution in [0.2, 0.25) is 0 Å². The average Bonchev–Trinajstić information content (AvgIpc) is 2.08. The largest absolute Gasteiger partial charge is 0.491 e. The molecule has 0 saturated heterocycles. The van der Waals surface area contributed by atoms with Crippen molar-refractivity contribution in [3.63, 3.8) is 0 Å². The molecule has 0 saturated carbocycles. The summed E-state index contributed by atoms with van der Waals surface area (Å²) in [6.45, 7) is 2.17. The molecule has 70 valence electrons. The number of hydrogen-bond donors (Lipinski definition) is 0. The molecule has 0 aromatic heterocycles. The molecule has 1 aromatic carbocycles. The fourth-order valence-corrected chi connectivity index (χ4v) is 1.14. The van der Waals surface area contributed by atoms with Crippen molar-refractivity contribution in [1.29, 1.82) is 0 Å². The summed E-state index contributed by atoms with van der Waals surface area (Å²) < 4.78 is 17.7. The van der Waals surface area contributed by atoms with Crippen molar-refractivity contribution in [1.82, 2.24) is 0 Å². The predicted octanol–water partition coefficient (Wildman–Crippen LogP) is 2.76. The Balaban J connectivity index is 2.98. The van der Waals surface area contributed by atoms with E-state index < -0.39 is 5.82 Å². The van der Waals surface area contributed by atoms with Crippen LogP contribution >= 0.6 is 15.9 Å². The van der Waals surface area contributed by atoms with Gasteiger partial charge in [-0.15, -0.1) is 0 Å². The van der Waals surface area contributed by atoms with Crippen molar-refractivity contribution >= 4 is 20.6 Å². The molecule has 4 heteroatoms. The summed E-state index contributed by atoms with van der Waals surface area (Å²) in [5, 5.41) is 0. The smallest absolute Gasteiger partial charge is 0.228 e. The highest BCUT2D eigenvalue weighted by molar-refractivity contribution is 9.18. The molecular weight excluding hydrogens is 239 g/mol. The third-order valence-electron chi connectivity index (χ3n) is 1.46. The van der Waals surface area contributed by atoms with Crippen molar-refractivity contribution in [2.24, 2.45) is 0 Å². The topological polar surface area (TPSA) is 26.3 Å². The molecule has 0 aliphatic rings. The lowest BCUT2D eigenvalue weighted by Crippen LogP contribution is -1.96. The number of benzene rings is 1. The van der Waals surface area contributed by atoms with E-state index in [1.807, 2.05) is 0 Å². The standard InChI is InChI=1S/C9H8BrFO2/c1-2-13-8-4-3-6(9(10)12)5-7(8)11/h3-5H,2H2,1H3. The maximum absolute atomic E-state index is 13.1. The van der Waals surface area contributed by atoms with E-state index in [0.717, 1.165) is 6.07 Å². The van der Waals surface area contributed by atoms with Crippen molar-refractivity contribution in [2.75, 3.05) is 6.61 Å². The van der Waals surface area contributed by atoms with Crippen molar-refractivity contribution < 1.29 is 13.9 Å². The molecule has 0 heterocycles. The Bertz CT molecular complexity index is 325. The van der Waals surface area contributed by atoms with E-state index in [1.165, 1.54) is 12.1 Å². The van der Waals surface area contributed by atoms with Crippen molar-refractivity contribution in [2.45, 2.75) is 6.92 Å². The van der Waals surface area contributed by atoms with E-state index in [2.05, 4.69) is 15.9 Å². The van der Waals surface area contributed by atoms with Gasteiger partial charge in [0.05, 0.1) is 6.61 Å². The number of hydrogen-bond acceptors (Lipinski definition) is 2. The van der Waals surface area contributed by atoms with Crippen LogP contribution in [0.5, 0.6) is 5.75 Å². The van der Waals surface area contributed by atoms with E-state index >= 15 is 0 Å². The van der Waals surface area contributed by atoms with Gasteiger partial charge >= 0.3 is 0 Å². The zero-order chi connectivity index (χ0) is 9.84. The molecule has 0 aliphatic carbocycles. The van der Waals surface area contributed by atoms with E-state index in [1.54, 1.807) is 6.92 Å². The van der Waals surface area contributed by atoms with Crippen molar-refractivity contribution in [3.05, 3.63) is 29.6 Å². The third-order valence-corrected chi connectivity index (χ3v) is 1.92. The SMILES string of the molecule is CCOc1ccc(C(=O)Br)cc1F. The average molecular weight is 247 g/mol. The first-order chi connectivity index (χ1) is 6.15. The van der Waals surface area contributed by atoms with Gasteiger partial charge in [-0.3, -0.25) is 4.79 Å². The van der Waals surface area contributed by atoms with Gasteiger partial charge < -0.3 is 4.74 Å². The van der Waals surface area contributed by atoms with Crippen molar-refractivity contribution in [3.8, 4) is 5.75 Å². The lowest BCUT2D eigenvalue weighted by molar-refractivity contribution is 0.109. The van der Waals surface area contributed by atoms with Gasteiger partial charge in [0.25, 0.3) is 0 Å². The molecule has 0 aliphatic heterocycles. The molecule has 13 heavy (non-hydrogen) atoms. The van der Waals surface area contributed by atoms with E-state index in [4.69, 9.17) is 4.74 Å². The van der Waals surface area contributed by atoms with Gasteiger partial charge in [0.2, 0.25) is 4.69 Å². The Labute approximate surface area is 83.8 Å². The summed E-state index contributed by atoms with van der Waals surface area (Å²) in [6.07, 6.45) is 0. The summed E-state index contributed by atoms with van der Waals surface area (Å²) in [6, 6.07) is 4.08. The number of ether oxygens (including phenoxy) is 1. The van der Waals surface area contributed by atoms with Crippen LogP contribution in [0.25, 0.3) is 0 Å². The Morgan fingerprint density at radius 1 is 1.62 bits per heavy atom. The molecule has 0 radical (unpaired) electrons. The summed E-state index contributed by atoms with van der Waals surface area (Å²) in [5.74, 6) is -0.354. The maximum atomic E-state index is 13.1. The third kappa shape index (κ3) is 2.52. The highest BCUT2D eigenvalue weighted by Crippen LogP contribution is 2.19. The lowest BCUT2D eigenvalue weighted by Gasteiger charge is -2.04. The van der Waals surface area contributed by atoms with E-state index in [0.29, 0.717) is 6.61 Å². The van der Waals surface area contributed by atoms with Crippen LogP contribution in [0.1, 0.15) is 17.3 Å². The predicted molar refractivity (Wildman–Crippen MR) is 50.8 cm³/mol. The number of carbonyl (C=O) groups is 1. The molecule has 0 N–H and O–H groups in total. The van der Waals surface area contributed by atoms with Crippen LogP contribution in [0.3, 0.4) is 0 Å². The molecule has 1 aromatic rings. The Morgan fingerprint density at radius 3 is 2.77 bits per heavy atom. The van der Waals surface area contributed by atoms with E-state index in [9.17, 15) is 9.18 Å². The van der Waals surface area contributed by atoms with Gasteiger partial charge in [-0.2, -0.15) is 0 Å². The first kappa shape index (κ1) is 10.2. The van der Waals surface area contributed by atoms with Gasteiger partial charge in [-0.25, -0.2) is 4.39 Å². The van der Waals surface area contributed by atoms with Gasteiger partial charge in [-0.1, -0.05) is 0 Å². The highest BCUT2D eigenvalue weighted by atomic mass is 79.9. The molecular formula is C9H8BrFO2. The Kier molecular flexibility index (Phi) is 3.42. The molecule has 2 nitrogen and oxygen atoms in total. The fraction of sp³-hybridized carbons (Fsp3) is 0.222. The number of halogens is 2. The zero-order valence-corrected chi connectivity index (χ0v) is 8.60. The maximum Gasteiger partial charge on any atom is 0.228 e. The quantitative estimate of drug-likeness (QED) is 0.767. The minimum atomic E-state index is -0.521. The monoisotopic (exact) mass is 246 g/mol. The van der Waals surface area contributed by atoms with Crippen LogP contribution in [0.15, 0.2) is 18.2 Å². The highest BCUT2D eigenvalue weighted by Gasteiger charge is 2.07. The number of rotatable bonds is 3. The van der Waals surface area contributed by atoms with Crippen LogP contribution in [0.4, 0.5) is 4.39 Å². The zero-order valence-electron chi connectivity index (χ0n) is 7.01. The van der Waals surface area contributed by atoms with Gasteiger partial charge in [0.15, 0.2) is 11.6 Å². The summed E-state index contributed by atoms with van der Waals surface area (Å²) in [7, 11) is 0. The fourth-order valence-electron chi connectivity index (χ4n) is 0.896. The second-order valence-corrected chi connectivity index (χ2v) is 3.07. The van der Waals surface area contributed by atoms with Gasteiger partial charge in [0, 0.05) is 5.56 Å². The van der Waals surface area contributed by atoms with Gasteiger partial charge in [0.1, 0.15) is 0 Å². The summed E-state index contributed by atoms with van der Waals surface area (Å²) >= 11 is 2.73. The van der Waals surface area contributed by atoms with Crippen LogP contribution in [-0.2, 0) is 0 Å². The minimum Gasteiger partial charge on any atom is -0.491 e. The molecule has 0 fully saturated rings. The van der Waals surface area contributed by atoms with Crippen LogP contribution in [0, 0.1) is 5.82 Å². The first-order valence-corrected chi connectivity index (χ1v) is 4.56. The summed E-state index contributed by atoms with van der Waals surface area (Å²) in [5.41, 5.74) is 0.279. The van der Waals surface area contributed by atoms with Crippen LogP contribution < -0.4 is 4.74 Å². The molecule has 1 rings (SSSR count). The summed E-state index contributed by atoms with van der Waals surface area (Å²) in [4.78, 5) is 10.8. The minimum absolute atomic E-state index is 0.167. The molecule has 0 atom stereocenters. The van der Waals surface area contributed by atoms with E-state index in [-0.39, 0.29) is 16.0 Å². The van der Waals surface area contributed by atoms with Crippen LogP contribution in [-0.4, -0.2) is 11.3 Å². The molecule has 0 unspecified atom stereocenters. The second-order valence-electron chi connectivity index (χ2n) is 2.35. The lowest BCUT2D eigenvalue weighted by atomic mass is 10.2. The number of carbonyl (C=O) groups excluding carboxylic acids is 1. The normalized spacial score (nSPS) is 9.77.